The lowest BCUT2D eigenvalue weighted by Crippen LogP contribution is -2.01. The molecule has 100 valence electrons. The summed E-state index contributed by atoms with van der Waals surface area (Å²) in [4.78, 5) is 8.71. The number of aromatic nitrogens is 4. The minimum absolute atomic E-state index is 0.414. The Hall–Kier alpha value is -2.89. The quantitative estimate of drug-likeness (QED) is 0.759. The zero-order valence-corrected chi connectivity index (χ0v) is 11.0. The summed E-state index contributed by atoms with van der Waals surface area (Å²) >= 11 is 0. The molecule has 0 radical (unpaired) electrons. The number of nitrogen functional groups attached to an aromatic ring is 1. The summed E-state index contributed by atoms with van der Waals surface area (Å²) in [5.41, 5.74) is 6.76. The monoisotopic (exact) mass is 266 g/mol. The molecular formula is C14H14N6. The second kappa shape index (κ2) is 5.00. The zero-order chi connectivity index (χ0) is 13.9. The summed E-state index contributed by atoms with van der Waals surface area (Å²) in [5, 5.41) is 7.36. The van der Waals surface area contributed by atoms with Gasteiger partial charge in [0.1, 0.15) is 11.6 Å². The molecule has 3 rings (SSSR count). The Morgan fingerprint density at radius 3 is 2.55 bits per heavy atom. The number of nitrogens with zero attached hydrogens (tertiary/aromatic N) is 4. The van der Waals surface area contributed by atoms with E-state index in [9.17, 15) is 0 Å². The first-order chi connectivity index (χ1) is 9.70. The number of nitrogens with two attached hydrogens (primary N) is 1. The first-order valence-electron chi connectivity index (χ1n) is 6.17. The number of aryl methyl sites for hydroxylation is 1. The molecule has 0 unspecified atom stereocenters. The largest absolute Gasteiger partial charge is 0.384 e. The molecule has 0 bridgehead atoms. The Balaban J connectivity index is 1.94. The van der Waals surface area contributed by atoms with Crippen molar-refractivity contribution in [2.75, 3.05) is 11.1 Å². The molecule has 0 saturated carbocycles. The molecule has 6 heteroatoms. The Morgan fingerprint density at radius 2 is 1.85 bits per heavy atom. The molecule has 6 nitrogen and oxygen atoms in total. The van der Waals surface area contributed by atoms with E-state index in [0.29, 0.717) is 23.3 Å². The van der Waals surface area contributed by atoms with Gasteiger partial charge in [-0.05, 0) is 0 Å². The third-order valence-electron chi connectivity index (χ3n) is 2.75. The van der Waals surface area contributed by atoms with Crippen LogP contribution in [0.25, 0.3) is 11.4 Å². The molecule has 1 aromatic carbocycles. The maximum absolute atomic E-state index is 5.84. The molecule has 0 saturated heterocycles. The fourth-order valence-electron chi connectivity index (χ4n) is 1.86. The Labute approximate surface area is 116 Å². The van der Waals surface area contributed by atoms with Gasteiger partial charge in [0.15, 0.2) is 11.6 Å². The molecule has 0 aliphatic heterocycles. The second-order valence-electron chi connectivity index (χ2n) is 4.37. The van der Waals surface area contributed by atoms with Gasteiger partial charge in [-0.2, -0.15) is 5.10 Å². The van der Waals surface area contributed by atoms with E-state index in [2.05, 4.69) is 20.4 Å². The van der Waals surface area contributed by atoms with E-state index >= 15 is 0 Å². The van der Waals surface area contributed by atoms with Crippen LogP contribution in [0.2, 0.25) is 0 Å². The lowest BCUT2D eigenvalue weighted by molar-refractivity contribution is 0.771. The summed E-state index contributed by atoms with van der Waals surface area (Å²) in [6.45, 7) is 0. The van der Waals surface area contributed by atoms with Gasteiger partial charge in [0.25, 0.3) is 0 Å². The van der Waals surface area contributed by atoms with Crippen LogP contribution in [-0.4, -0.2) is 19.7 Å². The fourth-order valence-corrected chi connectivity index (χ4v) is 1.86. The van der Waals surface area contributed by atoms with Crippen molar-refractivity contribution in [2.24, 2.45) is 7.05 Å². The van der Waals surface area contributed by atoms with Gasteiger partial charge in [-0.1, -0.05) is 30.3 Å². The molecule has 0 aliphatic carbocycles. The van der Waals surface area contributed by atoms with Crippen molar-refractivity contribution in [1.29, 1.82) is 0 Å². The Bertz CT molecular complexity index is 720. The highest BCUT2D eigenvalue weighted by Gasteiger charge is 2.06. The van der Waals surface area contributed by atoms with E-state index in [0.717, 1.165) is 5.56 Å². The maximum atomic E-state index is 5.84. The van der Waals surface area contributed by atoms with E-state index in [1.807, 2.05) is 49.6 Å². The molecule has 0 atom stereocenters. The number of anilines is 3. The average molecular weight is 266 g/mol. The SMILES string of the molecule is Cn1ccc(Nc2cc(N)nc(-c3ccccc3)n2)n1. The van der Waals surface area contributed by atoms with Crippen LogP contribution >= 0.6 is 0 Å². The van der Waals surface area contributed by atoms with Gasteiger partial charge in [-0.15, -0.1) is 0 Å². The minimum Gasteiger partial charge on any atom is -0.384 e. The van der Waals surface area contributed by atoms with Gasteiger partial charge >= 0.3 is 0 Å². The molecule has 20 heavy (non-hydrogen) atoms. The molecule has 0 fully saturated rings. The van der Waals surface area contributed by atoms with Gasteiger partial charge in [0, 0.05) is 30.9 Å². The Morgan fingerprint density at radius 1 is 1.05 bits per heavy atom. The predicted octanol–water partition coefficient (Wildman–Crippen LogP) is 2.20. The number of rotatable bonds is 3. The topological polar surface area (TPSA) is 81.7 Å². The lowest BCUT2D eigenvalue weighted by Gasteiger charge is -2.06. The van der Waals surface area contributed by atoms with Crippen molar-refractivity contribution in [2.45, 2.75) is 0 Å². The number of hydrogen-bond donors (Lipinski definition) is 2. The second-order valence-corrected chi connectivity index (χ2v) is 4.37. The van der Waals surface area contributed by atoms with Gasteiger partial charge in [0.2, 0.25) is 0 Å². The van der Waals surface area contributed by atoms with Crippen molar-refractivity contribution >= 4 is 17.5 Å². The normalized spacial score (nSPS) is 10.4. The van der Waals surface area contributed by atoms with E-state index in [1.165, 1.54) is 0 Å². The highest BCUT2D eigenvalue weighted by atomic mass is 15.3. The third-order valence-corrected chi connectivity index (χ3v) is 2.75. The number of benzene rings is 1. The third kappa shape index (κ3) is 2.59. The van der Waals surface area contributed by atoms with Gasteiger partial charge in [-0.3, -0.25) is 4.68 Å². The highest BCUT2D eigenvalue weighted by Crippen LogP contribution is 2.20. The van der Waals surface area contributed by atoms with Crippen LogP contribution in [0, 0.1) is 0 Å². The molecular weight excluding hydrogens is 252 g/mol. The summed E-state index contributed by atoms with van der Waals surface area (Å²) in [5.74, 6) is 2.33. The number of hydrogen-bond acceptors (Lipinski definition) is 5. The van der Waals surface area contributed by atoms with Crippen molar-refractivity contribution in [1.82, 2.24) is 19.7 Å². The smallest absolute Gasteiger partial charge is 0.163 e. The van der Waals surface area contributed by atoms with E-state index in [4.69, 9.17) is 5.73 Å². The summed E-state index contributed by atoms with van der Waals surface area (Å²) in [6.07, 6.45) is 1.85. The highest BCUT2D eigenvalue weighted by molar-refractivity contribution is 5.62. The van der Waals surface area contributed by atoms with E-state index < -0.39 is 0 Å². The van der Waals surface area contributed by atoms with Gasteiger partial charge in [-0.25, -0.2) is 9.97 Å². The average Bonchev–Trinajstić information content (AvgIpc) is 2.84. The van der Waals surface area contributed by atoms with Crippen LogP contribution in [0.1, 0.15) is 0 Å². The fraction of sp³-hybridized carbons (Fsp3) is 0.0714. The van der Waals surface area contributed by atoms with Crippen LogP contribution in [0.15, 0.2) is 48.7 Å². The lowest BCUT2D eigenvalue weighted by atomic mass is 10.2. The van der Waals surface area contributed by atoms with Crippen LogP contribution in [0.3, 0.4) is 0 Å². The standard InChI is InChI=1S/C14H14N6/c1-20-8-7-12(19-20)17-13-9-11(15)16-14(18-13)10-5-3-2-4-6-10/h2-9H,1H3,(H3,15,16,17,18,19). The van der Waals surface area contributed by atoms with Gasteiger partial charge in [0.05, 0.1) is 0 Å². The predicted molar refractivity (Wildman–Crippen MR) is 78.4 cm³/mol. The van der Waals surface area contributed by atoms with Crippen LogP contribution < -0.4 is 11.1 Å². The summed E-state index contributed by atoms with van der Waals surface area (Å²) in [6, 6.07) is 13.3. The molecule has 0 amide bonds. The van der Waals surface area contributed by atoms with Crippen molar-refractivity contribution in [3.05, 3.63) is 48.7 Å². The van der Waals surface area contributed by atoms with Crippen molar-refractivity contribution in [3.8, 4) is 11.4 Å². The van der Waals surface area contributed by atoms with Crippen LogP contribution in [-0.2, 0) is 7.05 Å². The zero-order valence-electron chi connectivity index (χ0n) is 11.0. The molecule has 2 aromatic heterocycles. The van der Waals surface area contributed by atoms with Crippen LogP contribution in [0.5, 0.6) is 0 Å². The Kier molecular flexibility index (Phi) is 3.04. The first-order valence-corrected chi connectivity index (χ1v) is 6.17. The first kappa shape index (κ1) is 12.2. The molecule has 2 heterocycles. The summed E-state index contributed by atoms with van der Waals surface area (Å²) in [7, 11) is 1.86. The van der Waals surface area contributed by atoms with Crippen molar-refractivity contribution in [3.63, 3.8) is 0 Å². The number of nitrogens with one attached hydrogen (secondary N) is 1. The van der Waals surface area contributed by atoms with E-state index in [1.54, 1.807) is 10.7 Å². The maximum Gasteiger partial charge on any atom is 0.163 e. The summed E-state index contributed by atoms with van der Waals surface area (Å²) < 4.78 is 1.71. The molecule has 3 aromatic rings. The minimum atomic E-state index is 0.414. The van der Waals surface area contributed by atoms with Gasteiger partial charge < -0.3 is 11.1 Å². The van der Waals surface area contributed by atoms with E-state index in [-0.39, 0.29) is 0 Å². The molecule has 3 N–H and O–H groups in total. The van der Waals surface area contributed by atoms with Crippen molar-refractivity contribution < 1.29 is 0 Å². The van der Waals surface area contributed by atoms with Crippen LogP contribution in [0.4, 0.5) is 17.5 Å². The molecule has 0 aliphatic rings. The molecule has 0 spiro atoms.